The molecule has 6 nitrogen and oxygen atoms in total. The molecule has 0 aliphatic rings. The summed E-state index contributed by atoms with van der Waals surface area (Å²) >= 11 is 3.29. The lowest BCUT2D eigenvalue weighted by Crippen LogP contribution is -2.36. The van der Waals surface area contributed by atoms with Gasteiger partial charge in [-0.05, 0) is 48.3 Å². The monoisotopic (exact) mass is 344 g/mol. The molecule has 1 aromatic heterocycles. The van der Waals surface area contributed by atoms with E-state index in [1.165, 1.54) is 6.20 Å². The van der Waals surface area contributed by atoms with Crippen molar-refractivity contribution in [2.75, 3.05) is 0 Å². The predicted molar refractivity (Wildman–Crippen MR) is 76.3 cm³/mol. The highest BCUT2D eigenvalue weighted by Crippen LogP contribution is 2.25. The third-order valence-electron chi connectivity index (χ3n) is 2.25. The number of amides is 1. The van der Waals surface area contributed by atoms with Crippen LogP contribution in [0.4, 0.5) is 4.79 Å². The highest BCUT2D eigenvalue weighted by atomic mass is 79.9. The van der Waals surface area contributed by atoms with E-state index in [4.69, 9.17) is 9.84 Å². The quantitative estimate of drug-likeness (QED) is 0.876. The van der Waals surface area contributed by atoms with Crippen LogP contribution in [0.5, 0.6) is 0 Å². The van der Waals surface area contributed by atoms with E-state index in [0.717, 1.165) is 0 Å². The van der Waals surface area contributed by atoms with Crippen LogP contribution >= 0.6 is 15.9 Å². The average Bonchev–Trinajstić information content (AvgIpc) is 2.25. The van der Waals surface area contributed by atoms with Gasteiger partial charge < -0.3 is 15.2 Å². The number of nitrogens with one attached hydrogen (secondary N) is 1. The number of carboxylic acid groups (broad SMARTS) is 1. The largest absolute Gasteiger partial charge is 0.481 e. The zero-order chi connectivity index (χ0) is 15.3. The second-order valence-electron chi connectivity index (χ2n) is 5.19. The molecular formula is C13H17BrN2O4. The Bertz CT molecular complexity index is 499. The van der Waals surface area contributed by atoms with Crippen LogP contribution in [0.15, 0.2) is 22.9 Å². The van der Waals surface area contributed by atoms with Crippen molar-refractivity contribution in [2.24, 2.45) is 0 Å². The van der Waals surface area contributed by atoms with Crippen molar-refractivity contribution in [3.8, 4) is 0 Å². The number of nitrogens with zero attached hydrogens (tertiary/aromatic N) is 1. The molecule has 0 saturated heterocycles. The average molecular weight is 345 g/mol. The third-order valence-corrected chi connectivity index (χ3v) is 2.91. The number of aromatic nitrogens is 1. The summed E-state index contributed by atoms with van der Waals surface area (Å²) < 4.78 is 5.76. The van der Waals surface area contributed by atoms with Gasteiger partial charge in [0.15, 0.2) is 0 Å². The standard InChI is InChI=1S/C13H17BrN2O4/c1-13(2,3)20-12(19)16-10(6-11(17)18)8-4-5-15-7-9(8)14/h4-5,7,10H,6H2,1-3H3,(H,16,19)(H,17,18). The molecule has 1 unspecified atom stereocenters. The highest BCUT2D eigenvalue weighted by Gasteiger charge is 2.23. The predicted octanol–water partition coefficient (Wildman–Crippen LogP) is 2.88. The first-order valence-electron chi connectivity index (χ1n) is 6.00. The highest BCUT2D eigenvalue weighted by molar-refractivity contribution is 9.10. The smallest absolute Gasteiger partial charge is 0.408 e. The zero-order valence-electron chi connectivity index (χ0n) is 11.5. The van der Waals surface area contributed by atoms with E-state index in [0.29, 0.717) is 10.0 Å². The van der Waals surface area contributed by atoms with Gasteiger partial charge in [0.05, 0.1) is 12.5 Å². The van der Waals surface area contributed by atoms with Gasteiger partial charge in [-0.1, -0.05) is 0 Å². The Kier molecular flexibility index (Phi) is 5.50. The van der Waals surface area contributed by atoms with Crippen LogP contribution in [-0.2, 0) is 9.53 Å². The van der Waals surface area contributed by atoms with Gasteiger partial charge in [-0.25, -0.2) is 4.79 Å². The first kappa shape index (κ1) is 16.4. The van der Waals surface area contributed by atoms with Crippen molar-refractivity contribution in [1.82, 2.24) is 10.3 Å². The van der Waals surface area contributed by atoms with E-state index < -0.39 is 23.7 Å². The summed E-state index contributed by atoms with van der Waals surface area (Å²) in [5.41, 5.74) is -0.0129. The first-order chi connectivity index (χ1) is 9.19. The van der Waals surface area contributed by atoms with Gasteiger partial charge >= 0.3 is 12.1 Å². The van der Waals surface area contributed by atoms with E-state index in [1.54, 1.807) is 33.0 Å². The van der Waals surface area contributed by atoms with Crippen LogP contribution in [0.1, 0.15) is 38.8 Å². The van der Waals surface area contributed by atoms with E-state index in [-0.39, 0.29) is 6.42 Å². The van der Waals surface area contributed by atoms with Crippen molar-refractivity contribution in [2.45, 2.75) is 38.8 Å². The molecule has 0 aliphatic carbocycles. The van der Waals surface area contributed by atoms with Gasteiger partial charge in [0.1, 0.15) is 5.60 Å². The lowest BCUT2D eigenvalue weighted by atomic mass is 10.1. The summed E-state index contributed by atoms with van der Waals surface area (Å²) in [5, 5.41) is 11.5. The number of ether oxygens (including phenoxy) is 1. The molecular weight excluding hydrogens is 328 g/mol. The van der Waals surface area contributed by atoms with E-state index >= 15 is 0 Å². The third kappa shape index (κ3) is 5.56. The van der Waals surface area contributed by atoms with Crippen molar-refractivity contribution < 1.29 is 19.4 Å². The van der Waals surface area contributed by atoms with Crippen LogP contribution in [0.2, 0.25) is 0 Å². The molecule has 0 aliphatic heterocycles. The number of pyridine rings is 1. The molecule has 1 atom stereocenters. The SMILES string of the molecule is CC(C)(C)OC(=O)NC(CC(=O)O)c1ccncc1Br. The lowest BCUT2D eigenvalue weighted by molar-refractivity contribution is -0.137. The maximum atomic E-state index is 11.8. The number of hydrogen-bond acceptors (Lipinski definition) is 4. The molecule has 1 amide bonds. The molecule has 1 heterocycles. The molecule has 0 bridgehead atoms. The fourth-order valence-electron chi connectivity index (χ4n) is 1.53. The van der Waals surface area contributed by atoms with Crippen LogP contribution in [0, 0.1) is 0 Å². The van der Waals surface area contributed by atoms with Crippen LogP contribution in [-0.4, -0.2) is 27.8 Å². The van der Waals surface area contributed by atoms with Crippen LogP contribution in [0.3, 0.4) is 0 Å². The number of hydrogen-bond donors (Lipinski definition) is 2. The molecule has 0 saturated carbocycles. The van der Waals surface area contributed by atoms with E-state index in [2.05, 4.69) is 26.2 Å². The van der Waals surface area contributed by atoms with Crippen molar-refractivity contribution in [3.63, 3.8) is 0 Å². The first-order valence-corrected chi connectivity index (χ1v) is 6.79. The molecule has 0 radical (unpaired) electrons. The number of halogens is 1. The number of rotatable bonds is 4. The Balaban J connectivity index is 2.88. The fraction of sp³-hybridized carbons (Fsp3) is 0.462. The minimum absolute atomic E-state index is 0.248. The van der Waals surface area contributed by atoms with Gasteiger partial charge in [0.2, 0.25) is 0 Å². The fourth-order valence-corrected chi connectivity index (χ4v) is 2.06. The van der Waals surface area contributed by atoms with Crippen molar-refractivity contribution in [1.29, 1.82) is 0 Å². The maximum absolute atomic E-state index is 11.8. The van der Waals surface area contributed by atoms with Crippen molar-refractivity contribution >= 4 is 28.0 Å². The lowest BCUT2D eigenvalue weighted by Gasteiger charge is -2.23. The zero-order valence-corrected chi connectivity index (χ0v) is 13.1. The summed E-state index contributed by atoms with van der Waals surface area (Å²) in [4.78, 5) is 26.6. The topological polar surface area (TPSA) is 88.5 Å². The summed E-state index contributed by atoms with van der Waals surface area (Å²) in [6, 6.07) is 0.953. The summed E-state index contributed by atoms with van der Waals surface area (Å²) in [6.45, 7) is 5.21. The molecule has 0 aromatic carbocycles. The molecule has 2 N–H and O–H groups in total. The van der Waals surface area contributed by atoms with Gasteiger partial charge in [-0.2, -0.15) is 0 Å². The van der Waals surface area contributed by atoms with Gasteiger partial charge in [-0.15, -0.1) is 0 Å². The Morgan fingerprint density at radius 1 is 1.50 bits per heavy atom. The number of carbonyl (C=O) groups is 2. The normalized spacial score (nSPS) is 12.6. The molecule has 1 aromatic rings. The number of aliphatic carboxylic acids is 1. The van der Waals surface area contributed by atoms with Crippen molar-refractivity contribution in [3.05, 3.63) is 28.5 Å². The summed E-state index contributed by atoms with van der Waals surface area (Å²) in [5.74, 6) is -1.02. The Labute approximate surface area is 125 Å². The Morgan fingerprint density at radius 3 is 2.65 bits per heavy atom. The van der Waals surface area contributed by atoms with E-state index in [9.17, 15) is 9.59 Å². The maximum Gasteiger partial charge on any atom is 0.408 e. The minimum atomic E-state index is -1.02. The molecule has 20 heavy (non-hydrogen) atoms. The number of carboxylic acids is 1. The number of alkyl carbamates (subject to hydrolysis) is 1. The van der Waals surface area contributed by atoms with Gasteiger partial charge in [-0.3, -0.25) is 9.78 Å². The van der Waals surface area contributed by atoms with Gasteiger partial charge in [0.25, 0.3) is 0 Å². The Morgan fingerprint density at radius 2 is 2.15 bits per heavy atom. The second kappa shape index (κ2) is 6.69. The molecule has 0 spiro atoms. The van der Waals surface area contributed by atoms with Gasteiger partial charge in [0, 0.05) is 16.9 Å². The minimum Gasteiger partial charge on any atom is -0.481 e. The van der Waals surface area contributed by atoms with Crippen LogP contribution < -0.4 is 5.32 Å². The molecule has 0 fully saturated rings. The molecule has 110 valence electrons. The molecule has 7 heteroatoms. The summed E-state index contributed by atoms with van der Waals surface area (Å²) in [7, 11) is 0. The van der Waals surface area contributed by atoms with E-state index in [1.807, 2.05) is 0 Å². The van der Waals surface area contributed by atoms with Crippen LogP contribution in [0.25, 0.3) is 0 Å². The Hall–Kier alpha value is -1.63. The number of carbonyl (C=O) groups excluding carboxylic acids is 1. The summed E-state index contributed by atoms with van der Waals surface area (Å²) in [6.07, 6.45) is 2.17. The second-order valence-corrected chi connectivity index (χ2v) is 6.05. The molecule has 1 rings (SSSR count).